The zero-order valence-electron chi connectivity index (χ0n) is 19.8. The lowest BCUT2D eigenvalue weighted by atomic mass is 10.1. The molecular weight excluding hydrogens is 520 g/mol. The maximum atomic E-state index is 14.1. The summed E-state index contributed by atoms with van der Waals surface area (Å²) in [5, 5.41) is 0. The molecule has 0 aliphatic carbocycles. The van der Waals surface area contributed by atoms with Gasteiger partial charge in [0, 0.05) is 16.4 Å². The number of carbonyl (C=O) groups excluding carboxylic acids is 1. The van der Waals surface area contributed by atoms with Gasteiger partial charge in [-0.1, -0.05) is 30.3 Å². The Kier molecular flexibility index (Phi) is 6.69. The number of para-hydroxylation sites is 1. The van der Waals surface area contributed by atoms with Crippen molar-refractivity contribution in [3.8, 4) is 17.2 Å². The van der Waals surface area contributed by atoms with E-state index in [1.54, 1.807) is 43.5 Å². The Morgan fingerprint density at radius 2 is 1.64 bits per heavy atom. The topological polar surface area (TPSA) is 69.5 Å². The van der Waals surface area contributed by atoms with Gasteiger partial charge in [-0.2, -0.15) is 4.98 Å². The van der Waals surface area contributed by atoms with Gasteiger partial charge >= 0.3 is 0 Å². The van der Waals surface area contributed by atoms with Crippen molar-refractivity contribution >= 4 is 38.9 Å². The molecule has 5 aromatic rings. The van der Waals surface area contributed by atoms with E-state index in [0.29, 0.717) is 27.4 Å². The lowest BCUT2D eigenvalue weighted by molar-refractivity contribution is 0.0982. The lowest BCUT2D eigenvalue weighted by Crippen LogP contribution is -2.33. The zero-order chi connectivity index (χ0) is 25.1. The molecule has 2 aromatic heterocycles. The fraction of sp³-hybridized carbons (Fsp3) is 0.107. The number of anilines is 1. The Morgan fingerprint density at radius 3 is 2.33 bits per heavy atom. The molecule has 0 saturated heterocycles. The summed E-state index contributed by atoms with van der Waals surface area (Å²) >= 11 is 3.55. The summed E-state index contributed by atoms with van der Waals surface area (Å²) in [7, 11) is 3.22. The summed E-state index contributed by atoms with van der Waals surface area (Å²) in [6, 6.07) is 26.6. The van der Waals surface area contributed by atoms with Crippen LogP contribution in [-0.2, 0) is 6.54 Å². The minimum absolute atomic E-state index is 0.215. The first-order valence-electron chi connectivity index (χ1n) is 11.3. The van der Waals surface area contributed by atoms with E-state index in [-0.39, 0.29) is 12.5 Å². The van der Waals surface area contributed by atoms with Crippen LogP contribution < -0.4 is 14.4 Å². The second-order valence-corrected chi connectivity index (χ2v) is 8.87. The number of ether oxygens (including phenoxy) is 2. The number of aromatic nitrogens is 3. The first-order chi connectivity index (χ1) is 17.6. The number of rotatable bonds is 7. The Hall–Kier alpha value is -4.17. The van der Waals surface area contributed by atoms with Crippen molar-refractivity contribution in [2.45, 2.75) is 6.54 Å². The summed E-state index contributed by atoms with van der Waals surface area (Å²) in [6.45, 7) is 0.289. The molecule has 0 aliphatic rings. The first-order valence-corrected chi connectivity index (χ1v) is 12.1. The van der Waals surface area contributed by atoms with E-state index in [9.17, 15) is 4.79 Å². The van der Waals surface area contributed by atoms with Crippen LogP contribution in [0, 0.1) is 0 Å². The minimum Gasteiger partial charge on any atom is -0.497 e. The molecule has 0 unspecified atom stereocenters. The number of hydrogen-bond donors (Lipinski definition) is 0. The summed E-state index contributed by atoms with van der Waals surface area (Å²) in [5.74, 6) is 1.65. The van der Waals surface area contributed by atoms with Gasteiger partial charge < -0.3 is 9.47 Å². The van der Waals surface area contributed by atoms with Crippen molar-refractivity contribution in [2.24, 2.45) is 0 Å². The fourth-order valence-corrected chi connectivity index (χ4v) is 4.53. The molecule has 0 radical (unpaired) electrons. The standard InChI is InChI=1S/C28H23BrN4O3/c1-35-21-12-10-19(11-13-21)18-32(27(34)23-15-14-22(36-2)17-24(23)29)28-31-26-25(9-6-16-30-26)33(28)20-7-4-3-5-8-20/h3-17H,18H2,1-2H3. The predicted molar refractivity (Wildman–Crippen MR) is 143 cm³/mol. The van der Waals surface area contributed by atoms with Gasteiger partial charge in [0.25, 0.3) is 5.91 Å². The second kappa shape index (κ2) is 10.2. The normalized spacial score (nSPS) is 10.9. The zero-order valence-corrected chi connectivity index (χ0v) is 21.3. The molecule has 8 heteroatoms. The fourth-order valence-electron chi connectivity index (χ4n) is 4.00. The molecule has 0 saturated carbocycles. The number of nitrogens with zero attached hydrogens (tertiary/aromatic N) is 4. The van der Waals surface area contributed by atoms with Gasteiger partial charge in [0.1, 0.15) is 11.5 Å². The number of imidazole rings is 1. The van der Waals surface area contributed by atoms with Crippen LogP contribution in [0.3, 0.4) is 0 Å². The van der Waals surface area contributed by atoms with Gasteiger partial charge in [0.2, 0.25) is 5.95 Å². The molecule has 5 rings (SSSR count). The molecule has 180 valence electrons. The maximum absolute atomic E-state index is 14.1. The molecule has 0 atom stereocenters. The van der Waals surface area contributed by atoms with Crippen LogP contribution in [0.1, 0.15) is 15.9 Å². The molecule has 0 fully saturated rings. The van der Waals surface area contributed by atoms with Gasteiger partial charge in [-0.25, -0.2) is 4.98 Å². The van der Waals surface area contributed by atoms with Crippen molar-refractivity contribution < 1.29 is 14.3 Å². The number of methoxy groups -OCH3 is 2. The third-order valence-electron chi connectivity index (χ3n) is 5.82. The van der Waals surface area contributed by atoms with E-state index < -0.39 is 0 Å². The number of halogens is 1. The van der Waals surface area contributed by atoms with E-state index in [0.717, 1.165) is 22.5 Å². The van der Waals surface area contributed by atoms with Crippen LogP contribution in [-0.4, -0.2) is 34.7 Å². The average molecular weight is 543 g/mol. The predicted octanol–water partition coefficient (Wildman–Crippen LogP) is 6.05. The number of benzene rings is 3. The molecule has 0 spiro atoms. The van der Waals surface area contributed by atoms with Gasteiger partial charge in [0.05, 0.1) is 31.8 Å². The number of amides is 1. The van der Waals surface area contributed by atoms with Crippen molar-refractivity contribution in [1.82, 2.24) is 14.5 Å². The highest BCUT2D eigenvalue weighted by Gasteiger charge is 2.27. The quantitative estimate of drug-likeness (QED) is 0.250. The summed E-state index contributed by atoms with van der Waals surface area (Å²) < 4.78 is 13.2. The highest BCUT2D eigenvalue weighted by Crippen LogP contribution is 2.31. The molecule has 0 bridgehead atoms. The molecule has 2 heterocycles. The van der Waals surface area contributed by atoms with Crippen molar-refractivity contribution in [3.63, 3.8) is 0 Å². The Morgan fingerprint density at radius 1 is 0.917 bits per heavy atom. The molecule has 3 aromatic carbocycles. The van der Waals surface area contributed by atoms with E-state index in [1.165, 1.54) is 0 Å². The van der Waals surface area contributed by atoms with Gasteiger partial charge in [-0.15, -0.1) is 0 Å². The number of carbonyl (C=O) groups is 1. The largest absolute Gasteiger partial charge is 0.497 e. The number of hydrogen-bond acceptors (Lipinski definition) is 5. The molecule has 7 nitrogen and oxygen atoms in total. The molecular formula is C28H23BrN4O3. The third-order valence-corrected chi connectivity index (χ3v) is 6.48. The SMILES string of the molecule is COc1ccc(CN(C(=O)c2ccc(OC)cc2Br)c2nc3ncccc3n2-c2ccccc2)cc1. The summed E-state index contributed by atoms with van der Waals surface area (Å²) in [4.78, 5) is 25.1. The highest BCUT2D eigenvalue weighted by atomic mass is 79.9. The molecule has 1 amide bonds. The van der Waals surface area contributed by atoms with E-state index in [2.05, 4.69) is 20.9 Å². The van der Waals surface area contributed by atoms with Crippen LogP contribution in [0.2, 0.25) is 0 Å². The molecule has 0 N–H and O–H groups in total. The summed E-state index contributed by atoms with van der Waals surface area (Å²) in [5.41, 5.74) is 3.65. The maximum Gasteiger partial charge on any atom is 0.262 e. The number of pyridine rings is 1. The van der Waals surface area contributed by atoms with Crippen molar-refractivity contribution in [2.75, 3.05) is 19.1 Å². The van der Waals surface area contributed by atoms with Crippen molar-refractivity contribution in [3.05, 3.63) is 107 Å². The van der Waals surface area contributed by atoms with E-state index >= 15 is 0 Å². The first kappa shape index (κ1) is 23.6. The number of fused-ring (bicyclic) bond motifs is 1. The van der Waals surface area contributed by atoms with Gasteiger partial charge in [-0.05, 0) is 76.1 Å². The second-order valence-electron chi connectivity index (χ2n) is 8.01. The average Bonchev–Trinajstić information content (AvgIpc) is 3.31. The van der Waals surface area contributed by atoms with Crippen LogP contribution in [0.5, 0.6) is 11.5 Å². The Balaban J connectivity index is 1.69. The van der Waals surface area contributed by atoms with Crippen LogP contribution in [0.4, 0.5) is 5.95 Å². The Labute approximate surface area is 217 Å². The third kappa shape index (κ3) is 4.55. The van der Waals surface area contributed by atoms with Crippen LogP contribution >= 0.6 is 15.9 Å². The monoisotopic (exact) mass is 542 g/mol. The van der Waals surface area contributed by atoms with Crippen LogP contribution in [0.15, 0.2) is 95.6 Å². The van der Waals surface area contributed by atoms with Gasteiger partial charge in [0.15, 0.2) is 5.65 Å². The minimum atomic E-state index is -0.215. The molecule has 36 heavy (non-hydrogen) atoms. The van der Waals surface area contributed by atoms with E-state index in [1.807, 2.05) is 71.3 Å². The van der Waals surface area contributed by atoms with E-state index in [4.69, 9.17) is 14.5 Å². The smallest absolute Gasteiger partial charge is 0.262 e. The Bertz CT molecular complexity index is 1520. The van der Waals surface area contributed by atoms with Crippen molar-refractivity contribution in [1.29, 1.82) is 0 Å². The van der Waals surface area contributed by atoms with Gasteiger partial charge in [-0.3, -0.25) is 14.3 Å². The lowest BCUT2D eigenvalue weighted by Gasteiger charge is -2.24. The summed E-state index contributed by atoms with van der Waals surface area (Å²) in [6.07, 6.45) is 1.70. The highest BCUT2D eigenvalue weighted by molar-refractivity contribution is 9.10. The molecule has 0 aliphatic heterocycles. The van der Waals surface area contributed by atoms with Crippen LogP contribution in [0.25, 0.3) is 16.9 Å².